The maximum Gasteiger partial charge on any atom is 0.0618 e. The predicted molar refractivity (Wildman–Crippen MR) is 60.3 cm³/mol. The molecule has 2 atom stereocenters. The highest BCUT2D eigenvalue weighted by Crippen LogP contribution is 2.45. The Labute approximate surface area is 88.1 Å². The van der Waals surface area contributed by atoms with Crippen LogP contribution in [-0.2, 0) is 0 Å². The Bertz CT molecular complexity index is 191. The topological polar surface area (TPSA) is 32.3 Å². The van der Waals surface area contributed by atoms with Crippen LogP contribution in [0.2, 0.25) is 0 Å². The van der Waals surface area contributed by atoms with Gasteiger partial charge in [-0.25, -0.2) is 0 Å². The highest BCUT2D eigenvalue weighted by atomic mass is 16.3. The fraction of sp³-hybridized carbons (Fsp3) is 1.00. The molecule has 0 heterocycles. The smallest absolute Gasteiger partial charge is 0.0618 e. The van der Waals surface area contributed by atoms with Gasteiger partial charge in [-0.2, -0.15) is 0 Å². The second-order valence-electron chi connectivity index (χ2n) is 5.43. The zero-order chi connectivity index (χ0) is 10.8. The Morgan fingerprint density at radius 3 is 2.36 bits per heavy atom. The summed E-state index contributed by atoms with van der Waals surface area (Å²) in [5.41, 5.74) is 0.188. The molecule has 1 saturated carbocycles. The molecule has 2 nitrogen and oxygen atoms in total. The third kappa shape index (κ3) is 1.96. The zero-order valence-electron chi connectivity index (χ0n) is 10.1. The van der Waals surface area contributed by atoms with Crippen molar-refractivity contribution in [2.24, 2.45) is 5.41 Å². The number of aliphatic hydroxyl groups is 1. The van der Waals surface area contributed by atoms with Crippen molar-refractivity contribution in [2.45, 2.75) is 65.0 Å². The summed E-state index contributed by atoms with van der Waals surface area (Å²) in [5, 5.41) is 13.3. The molecular weight excluding hydrogens is 174 g/mol. The van der Waals surface area contributed by atoms with Crippen LogP contribution >= 0.6 is 0 Å². The van der Waals surface area contributed by atoms with Crippen LogP contribution in [0.4, 0.5) is 0 Å². The van der Waals surface area contributed by atoms with E-state index in [2.05, 4.69) is 33.0 Å². The Morgan fingerprint density at radius 1 is 1.36 bits per heavy atom. The molecule has 0 aromatic heterocycles. The van der Waals surface area contributed by atoms with Crippen LogP contribution in [-0.4, -0.2) is 23.3 Å². The number of rotatable bonds is 4. The van der Waals surface area contributed by atoms with Crippen LogP contribution in [0, 0.1) is 5.41 Å². The van der Waals surface area contributed by atoms with Gasteiger partial charge < -0.3 is 10.4 Å². The maximum atomic E-state index is 9.63. The van der Waals surface area contributed by atoms with E-state index in [1.165, 1.54) is 12.8 Å². The Kier molecular flexibility index (Phi) is 3.59. The molecule has 0 amide bonds. The number of hydrogen-bond acceptors (Lipinski definition) is 2. The molecular formula is C12H25NO. The van der Waals surface area contributed by atoms with Crippen LogP contribution < -0.4 is 5.32 Å². The van der Waals surface area contributed by atoms with Crippen LogP contribution in [0.15, 0.2) is 0 Å². The second-order valence-corrected chi connectivity index (χ2v) is 5.43. The molecule has 14 heavy (non-hydrogen) atoms. The van der Waals surface area contributed by atoms with Crippen molar-refractivity contribution in [3.63, 3.8) is 0 Å². The molecule has 1 aliphatic carbocycles. The van der Waals surface area contributed by atoms with Crippen molar-refractivity contribution in [2.75, 3.05) is 6.61 Å². The van der Waals surface area contributed by atoms with E-state index in [0.29, 0.717) is 6.04 Å². The summed E-state index contributed by atoms with van der Waals surface area (Å²) in [6.45, 7) is 9.19. The summed E-state index contributed by atoms with van der Waals surface area (Å²) in [6.07, 6.45) is 4.69. The molecule has 1 fully saturated rings. The Morgan fingerprint density at radius 2 is 2.00 bits per heavy atom. The van der Waals surface area contributed by atoms with E-state index in [0.717, 1.165) is 12.8 Å². The molecule has 0 bridgehead atoms. The van der Waals surface area contributed by atoms with E-state index in [9.17, 15) is 5.11 Å². The number of aliphatic hydroxyl groups excluding tert-OH is 1. The van der Waals surface area contributed by atoms with Gasteiger partial charge in [0.05, 0.1) is 6.61 Å². The van der Waals surface area contributed by atoms with Gasteiger partial charge in [-0.15, -0.1) is 0 Å². The molecule has 84 valence electrons. The maximum absolute atomic E-state index is 9.63. The molecule has 0 aromatic rings. The molecule has 0 aromatic carbocycles. The van der Waals surface area contributed by atoms with Crippen molar-refractivity contribution in [1.29, 1.82) is 0 Å². The first kappa shape index (κ1) is 12.0. The van der Waals surface area contributed by atoms with Gasteiger partial charge in [0.25, 0.3) is 0 Å². The summed E-state index contributed by atoms with van der Waals surface area (Å²) in [7, 11) is 0. The van der Waals surface area contributed by atoms with E-state index in [-0.39, 0.29) is 17.6 Å². The minimum Gasteiger partial charge on any atom is -0.394 e. The monoisotopic (exact) mass is 199 g/mol. The lowest BCUT2D eigenvalue weighted by Crippen LogP contribution is -2.58. The van der Waals surface area contributed by atoms with Crippen molar-refractivity contribution in [3.05, 3.63) is 0 Å². The van der Waals surface area contributed by atoms with Crippen LogP contribution in [0.25, 0.3) is 0 Å². The van der Waals surface area contributed by atoms with Gasteiger partial charge >= 0.3 is 0 Å². The minimum absolute atomic E-state index is 0.0393. The average molecular weight is 199 g/mol. The van der Waals surface area contributed by atoms with E-state index >= 15 is 0 Å². The van der Waals surface area contributed by atoms with Gasteiger partial charge in [-0.1, -0.05) is 27.2 Å². The quantitative estimate of drug-likeness (QED) is 0.728. The van der Waals surface area contributed by atoms with Gasteiger partial charge in [0, 0.05) is 11.6 Å². The zero-order valence-corrected chi connectivity index (χ0v) is 10.1. The van der Waals surface area contributed by atoms with Crippen molar-refractivity contribution in [3.8, 4) is 0 Å². The van der Waals surface area contributed by atoms with Crippen molar-refractivity contribution >= 4 is 0 Å². The highest BCUT2D eigenvalue weighted by molar-refractivity contribution is 5.05. The number of hydrogen-bond donors (Lipinski definition) is 2. The first-order valence-corrected chi connectivity index (χ1v) is 5.86. The molecule has 0 radical (unpaired) electrons. The number of nitrogens with one attached hydrogen (secondary N) is 1. The van der Waals surface area contributed by atoms with Crippen LogP contribution in [0.1, 0.15) is 53.4 Å². The molecule has 2 heteroatoms. The second kappa shape index (κ2) is 4.19. The lowest BCUT2D eigenvalue weighted by molar-refractivity contribution is 0.0653. The predicted octanol–water partition coefficient (Wildman–Crippen LogP) is 2.32. The van der Waals surface area contributed by atoms with E-state index < -0.39 is 0 Å². The van der Waals surface area contributed by atoms with E-state index in [1.807, 2.05) is 0 Å². The summed E-state index contributed by atoms with van der Waals surface area (Å²) < 4.78 is 0. The summed E-state index contributed by atoms with van der Waals surface area (Å²) in [4.78, 5) is 0. The summed E-state index contributed by atoms with van der Waals surface area (Å²) in [5.74, 6) is 0. The largest absolute Gasteiger partial charge is 0.394 e. The first-order chi connectivity index (χ1) is 6.47. The third-order valence-corrected chi connectivity index (χ3v) is 4.11. The van der Waals surface area contributed by atoms with Crippen molar-refractivity contribution < 1.29 is 5.11 Å². The molecule has 2 N–H and O–H groups in total. The summed E-state index contributed by atoms with van der Waals surface area (Å²) in [6, 6.07) is 0.500. The highest BCUT2D eigenvalue weighted by Gasteiger charge is 2.48. The fourth-order valence-electron chi connectivity index (χ4n) is 2.59. The van der Waals surface area contributed by atoms with Crippen LogP contribution in [0.3, 0.4) is 0 Å². The SMILES string of the molecule is CCC(C)NC1(CO)CCCC1(C)C. The molecule has 1 aliphatic rings. The van der Waals surface area contributed by atoms with E-state index in [1.54, 1.807) is 0 Å². The van der Waals surface area contributed by atoms with Gasteiger partial charge in [-0.05, 0) is 31.6 Å². The third-order valence-electron chi connectivity index (χ3n) is 4.11. The molecule has 2 unspecified atom stereocenters. The lowest BCUT2D eigenvalue weighted by Gasteiger charge is -2.43. The minimum atomic E-state index is -0.0393. The molecule has 0 spiro atoms. The average Bonchev–Trinajstić information content (AvgIpc) is 2.42. The molecule has 1 rings (SSSR count). The van der Waals surface area contributed by atoms with Gasteiger partial charge in [0.1, 0.15) is 0 Å². The van der Waals surface area contributed by atoms with E-state index in [4.69, 9.17) is 0 Å². The molecule has 0 saturated heterocycles. The first-order valence-electron chi connectivity index (χ1n) is 5.86. The fourth-order valence-corrected chi connectivity index (χ4v) is 2.59. The molecule has 0 aliphatic heterocycles. The normalized spacial score (nSPS) is 33.2. The van der Waals surface area contributed by atoms with Gasteiger partial charge in [0.2, 0.25) is 0 Å². The lowest BCUT2D eigenvalue weighted by atomic mass is 9.75. The standard InChI is InChI=1S/C12H25NO/c1-5-10(2)13-12(9-14)8-6-7-11(12,3)4/h10,13-14H,5-9H2,1-4H3. The van der Waals surface area contributed by atoms with Gasteiger partial charge in [0.15, 0.2) is 0 Å². The Hall–Kier alpha value is -0.0800. The van der Waals surface area contributed by atoms with Gasteiger partial charge in [-0.3, -0.25) is 0 Å². The summed E-state index contributed by atoms with van der Waals surface area (Å²) >= 11 is 0. The van der Waals surface area contributed by atoms with Crippen LogP contribution in [0.5, 0.6) is 0 Å². The Balaban J connectivity index is 2.75. The van der Waals surface area contributed by atoms with Crippen molar-refractivity contribution in [1.82, 2.24) is 5.32 Å².